The number of hydrogen-bond acceptors (Lipinski definition) is 23. The van der Waals surface area contributed by atoms with Gasteiger partial charge in [-0.2, -0.15) is 0 Å². The van der Waals surface area contributed by atoms with Gasteiger partial charge >= 0.3 is 6.03 Å². The lowest BCUT2D eigenvalue weighted by atomic mass is 9.49. The zero-order chi connectivity index (χ0) is 102. The highest BCUT2D eigenvalue weighted by atomic mass is 16.6. The number of benzene rings is 4. The number of carbonyl (C=O) groups excluding carboxylic acids is 11. The molecule has 10 rings (SSSR count). The summed E-state index contributed by atoms with van der Waals surface area (Å²) in [4.78, 5) is 154. The van der Waals surface area contributed by atoms with E-state index in [4.69, 9.17) is 54.1 Å². The summed E-state index contributed by atoms with van der Waals surface area (Å²) in [7, 11) is 6.22. The minimum absolute atomic E-state index is 0.00965. The quantitative estimate of drug-likeness (QED) is 0.00856. The average Bonchev–Trinajstić information content (AvgIpc) is 0.727. The molecule has 0 radical (unpaired) electrons. The highest BCUT2D eigenvalue weighted by Gasteiger charge is 2.59. The molecule has 2 saturated carbocycles. The number of phenolic OH excluding ortho intramolecular Hbond substituents is 1. The van der Waals surface area contributed by atoms with Gasteiger partial charge in [-0.05, 0) is 202 Å². The van der Waals surface area contributed by atoms with Gasteiger partial charge in [-0.1, -0.05) is 122 Å². The Bertz CT molecular complexity index is 4940. The van der Waals surface area contributed by atoms with Crippen LogP contribution in [0.5, 0.6) is 5.75 Å². The number of aromatic hydroxyl groups is 1. The van der Waals surface area contributed by atoms with Crippen LogP contribution in [0.1, 0.15) is 222 Å². The lowest BCUT2D eigenvalue weighted by Crippen LogP contribution is -2.60. The van der Waals surface area contributed by atoms with E-state index in [2.05, 4.69) is 100.0 Å². The molecule has 12 amide bonds. The number of hydrogen-bond donors (Lipinski definition) is 13. The number of primary amides is 1. The maximum Gasteiger partial charge on any atom is 0.312 e. The van der Waals surface area contributed by atoms with Crippen LogP contribution in [0.3, 0.4) is 0 Å². The van der Waals surface area contributed by atoms with Crippen LogP contribution in [-0.4, -0.2) is 272 Å². The highest BCUT2D eigenvalue weighted by Crippen LogP contribution is 2.60. The molecular formula is C107H159N14O21+. The Kier molecular flexibility index (Phi) is 45.6. The number of aryl methyl sites for hydroxylation is 2. The average molecular weight is 1980 g/mol. The van der Waals surface area contributed by atoms with Crippen LogP contribution in [0.15, 0.2) is 96.3 Å². The smallest absolute Gasteiger partial charge is 0.312 e. The Morgan fingerprint density at radius 3 is 1.63 bits per heavy atom. The third-order valence-electron chi connectivity index (χ3n) is 28.7. The molecule has 6 aliphatic rings. The number of allylic oxidation sites excluding steroid dienone is 1. The van der Waals surface area contributed by atoms with E-state index in [1.54, 1.807) is 24.8 Å². The number of fused-ring (bicyclic) bond motifs is 8. The number of quaternary nitrogens is 1. The first-order chi connectivity index (χ1) is 68.2. The Morgan fingerprint density at radius 2 is 1.01 bits per heavy atom. The molecule has 0 spiro atoms. The molecule has 35 nitrogen and oxygen atoms in total. The van der Waals surface area contributed by atoms with Crippen LogP contribution >= 0.6 is 0 Å². The van der Waals surface area contributed by atoms with E-state index in [0.717, 1.165) is 101 Å². The zero-order valence-electron chi connectivity index (χ0n) is 85.2. The molecule has 0 bridgehead atoms. The first-order valence-electron chi connectivity index (χ1n) is 51.3. The van der Waals surface area contributed by atoms with E-state index in [-0.39, 0.29) is 176 Å². The largest absolute Gasteiger partial charge is 0.508 e. The summed E-state index contributed by atoms with van der Waals surface area (Å²) < 4.78 is 52.3. The number of para-hydroxylation sites is 1. The topological polar surface area (TPSA) is 467 Å². The summed E-state index contributed by atoms with van der Waals surface area (Å²) in [5.74, 6) is 2.00. The van der Waals surface area contributed by atoms with E-state index < -0.39 is 76.1 Å². The Hall–Kier alpha value is -10.7. The first kappa shape index (κ1) is 113. The van der Waals surface area contributed by atoms with Crippen molar-refractivity contribution < 1.29 is 105 Å². The number of imide groups is 1. The number of urea groups is 1. The fourth-order valence-electron chi connectivity index (χ4n) is 20.8. The zero-order valence-corrected chi connectivity index (χ0v) is 85.2. The van der Waals surface area contributed by atoms with Gasteiger partial charge in [0.25, 0.3) is 0 Å². The molecule has 4 aromatic rings. The molecule has 15 N–H and O–H groups in total. The molecule has 782 valence electrons. The van der Waals surface area contributed by atoms with Gasteiger partial charge in [0.2, 0.25) is 59.1 Å². The van der Waals surface area contributed by atoms with Gasteiger partial charge in [-0.3, -0.25) is 53.3 Å². The fraction of sp³-hybridized carbons (Fsp3) is 0.636. The van der Waals surface area contributed by atoms with E-state index in [9.17, 15) is 53.1 Å². The minimum Gasteiger partial charge on any atom is -0.508 e. The number of rotatable bonds is 59. The predicted octanol–water partition coefficient (Wildman–Crippen LogP) is 8.23. The van der Waals surface area contributed by atoms with Gasteiger partial charge in [0.1, 0.15) is 30.5 Å². The molecule has 1 heterocycles. The van der Waals surface area contributed by atoms with Crippen LogP contribution in [0, 0.1) is 40.4 Å². The number of unbranched alkanes of at least 4 members (excludes halogenated alkanes) is 1. The molecule has 1 unspecified atom stereocenters. The molecule has 1 aliphatic heterocycles. The Morgan fingerprint density at radius 1 is 0.486 bits per heavy atom. The fourth-order valence-corrected chi connectivity index (χ4v) is 20.8. The molecule has 142 heavy (non-hydrogen) atoms. The van der Waals surface area contributed by atoms with Crippen molar-refractivity contribution in [1.29, 1.82) is 0 Å². The van der Waals surface area contributed by atoms with Gasteiger partial charge in [-0.25, -0.2) is 4.79 Å². The number of nitrogens with zero attached hydrogens (tertiary/aromatic N) is 2. The second kappa shape index (κ2) is 57.2. The van der Waals surface area contributed by atoms with E-state index in [1.807, 2.05) is 92.7 Å². The Labute approximate surface area is 838 Å². The second-order valence-electron chi connectivity index (χ2n) is 40.5. The van der Waals surface area contributed by atoms with Crippen LogP contribution < -0.4 is 69.5 Å². The monoisotopic (exact) mass is 1980 g/mol. The number of phenols is 1. The maximum atomic E-state index is 15.1. The third kappa shape index (κ3) is 34.5. The highest BCUT2D eigenvalue weighted by molar-refractivity contribution is 6.02. The van der Waals surface area contributed by atoms with Crippen molar-refractivity contribution in [2.75, 3.05) is 183 Å². The number of amides is 12. The van der Waals surface area contributed by atoms with Crippen molar-refractivity contribution in [3.63, 3.8) is 0 Å². The van der Waals surface area contributed by atoms with Crippen molar-refractivity contribution in [2.45, 2.75) is 237 Å². The minimum atomic E-state index is -1.23. The number of nitrogens with one attached hydrogen (secondary N) is 10. The normalized spacial score (nSPS) is 21.3. The van der Waals surface area contributed by atoms with Gasteiger partial charge in [0.05, 0.1) is 175 Å². The number of carbonyl (C=O) groups is 11. The number of anilines is 2. The maximum absolute atomic E-state index is 15.1. The number of nitrogens with two attached hydrogens (primary N) is 2. The van der Waals surface area contributed by atoms with E-state index in [0.29, 0.717) is 154 Å². The summed E-state index contributed by atoms with van der Waals surface area (Å²) in [6, 6.07) is 22.2. The van der Waals surface area contributed by atoms with Gasteiger partial charge in [-0.15, -0.1) is 0 Å². The summed E-state index contributed by atoms with van der Waals surface area (Å²) in [5.41, 5.74) is 19.0. The standard InChI is InChI=1S/C107H158N14O21/c1-74(2)97(100(130)117-86(27-19-49-114-103(109)133)98(128)115-80-36-32-76-34-38-89-104(3,82(76)70-80)44-20-46-106(89,5)101(131)119-102(132)107(6)47-21-45-105(4)83-71-81(122)37-33-77(83)35-39-90(105)107)118-99(129)85(26-17-18-48-111-94(126)73-142-88-29-12-10-11-25-84(96(88)108)110-51-56-136-60-64-140-68-66-138-62-58-134-54-42-92(124)112-50-53-121(7,8)9)116-93(125)43-55-135-59-63-139-67-69-141-65-61-137-57-52-113-91(123)40-41-95(127)120-72-79-24-14-13-22-75(79)30-31-78-23-15-16-28-87(78)120/h13-16,22-24,28,32-33,36-37,70-71,74,85-86,88-90,97,110H,10-12,17-21,25-27,29,34-35,38-69,72-73,108H2,1-9H3,(H11-,109,111,112,113,114,115,116,117,118,119,122,123,124,125,126,128,129,130,131,132,133)/p+1/b96-84-/t85-,86+,88?,89-,90-,97+,104-,105-,106+,107+/m1/s1. The lowest BCUT2D eigenvalue weighted by molar-refractivity contribution is -0.869. The third-order valence-corrected chi connectivity index (χ3v) is 28.7. The van der Waals surface area contributed by atoms with Crippen molar-refractivity contribution >= 4 is 76.5 Å². The number of ether oxygens (including phenoxy) is 9. The van der Waals surface area contributed by atoms with Gasteiger partial charge in [0, 0.05) is 74.4 Å². The second-order valence-corrected chi connectivity index (χ2v) is 40.5. The summed E-state index contributed by atoms with van der Waals surface area (Å²) >= 11 is 0. The lowest BCUT2D eigenvalue weighted by Gasteiger charge is -2.56. The van der Waals surface area contributed by atoms with Crippen molar-refractivity contribution in [3.05, 3.63) is 135 Å². The predicted molar refractivity (Wildman–Crippen MR) is 539 cm³/mol. The summed E-state index contributed by atoms with van der Waals surface area (Å²) in [6.45, 7) is 19.1. The molecule has 4 aromatic carbocycles. The summed E-state index contributed by atoms with van der Waals surface area (Å²) in [6.07, 6.45) is 12.1. The van der Waals surface area contributed by atoms with Crippen molar-refractivity contribution in [2.24, 2.45) is 40.1 Å². The molecule has 0 aromatic heterocycles. The molecule has 10 atom stereocenters. The molecule has 35 heteroatoms. The van der Waals surface area contributed by atoms with Crippen LogP contribution in [0.25, 0.3) is 0 Å². The van der Waals surface area contributed by atoms with Crippen LogP contribution in [-0.2, 0) is 121 Å². The Balaban J connectivity index is 0.681. The van der Waals surface area contributed by atoms with E-state index in [1.165, 1.54) is 5.56 Å². The van der Waals surface area contributed by atoms with Crippen molar-refractivity contribution in [3.8, 4) is 17.6 Å². The molecule has 0 saturated heterocycles. The van der Waals surface area contributed by atoms with Crippen LogP contribution in [0.4, 0.5) is 16.2 Å². The van der Waals surface area contributed by atoms with Crippen LogP contribution in [0.2, 0.25) is 0 Å². The first-order valence-corrected chi connectivity index (χ1v) is 51.3. The van der Waals surface area contributed by atoms with Crippen molar-refractivity contribution in [1.82, 2.24) is 47.9 Å². The molecular weight excluding hydrogens is 1820 g/mol. The van der Waals surface area contributed by atoms with Gasteiger partial charge in [0.15, 0.2) is 0 Å². The van der Waals surface area contributed by atoms with E-state index >= 15 is 4.79 Å². The SMILES string of the molecule is CC(C)[C@H](NC(=O)[C@@H](CCCCNC(=O)COC1CCCCC/C(NCCOCCOCCOCCOCCC(=O)NCC[N+](C)(C)C)=C\1N)NC(=O)CCOCCOCCOCCOCCNC(=O)CCC(=O)N1Cc2ccccc2C#Cc2ccccc21)C(=O)N[C@@H](CCCNC(N)=O)C(=O)Nc1ccc2c(c1)[C@@]1(C)CCC[C@](C)(C(=O)NC(=O)[C@@]3(C)CCC[C@]4(C)c5cc(O)ccc5CC[C@@H]34)[C@@H]1CC2. The summed E-state index contributed by atoms with van der Waals surface area (Å²) in [5, 5.41) is 40.0. The number of likely N-dealkylation sites (N-methyl/N-ethyl adjacent to an activating group) is 1. The van der Waals surface area contributed by atoms with Gasteiger partial charge < -0.3 is 116 Å². The molecule has 2 fully saturated rings. The molecule has 5 aliphatic carbocycles.